The van der Waals surface area contributed by atoms with Crippen molar-refractivity contribution in [3.63, 3.8) is 0 Å². The molecule has 0 rings (SSSR count). The fourth-order valence-electron chi connectivity index (χ4n) is 3.48. The van der Waals surface area contributed by atoms with E-state index < -0.39 is 43.2 Å². The maximum absolute atomic E-state index is 13.6. The maximum atomic E-state index is 13.6. The van der Waals surface area contributed by atoms with E-state index in [1.54, 1.807) is 0 Å². The van der Waals surface area contributed by atoms with Crippen LogP contribution in [0.25, 0.3) is 0 Å². The van der Waals surface area contributed by atoms with Crippen LogP contribution in [0, 0.1) is 0 Å². The summed E-state index contributed by atoms with van der Waals surface area (Å²) in [5, 5.41) is 0. The number of hydrogen-bond donors (Lipinski definition) is 0. The molecule has 0 aliphatic carbocycles. The Morgan fingerprint density at radius 2 is 0.619 bits per heavy atom. The minimum atomic E-state index is -3.38. The zero-order valence-corrected chi connectivity index (χ0v) is 20.9. The summed E-state index contributed by atoms with van der Waals surface area (Å²) < 4.78 is 31.2. The van der Waals surface area contributed by atoms with Gasteiger partial charge in [0.2, 0.25) is 0 Å². The van der Waals surface area contributed by atoms with Crippen molar-refractivity contribution < 1.29 is 8.42 Å². The summed E-state index contributed by atoms with van der Waals surface area (Å²) in [6.07, 6.45) is 0. The molecule has 0 amide bonds. The van der Waals surface area contributed by atoms with E-state index in [0.29, 0.717) is 0 Å². The Morgan fingerprint density at radius 3 is 0.714 bits per heavy atom. The van der Waals surface area contributed by atoms with Crippen molar-refractivity contribution in [2.75, 3.05) is 0 Å². The SMILES string of the molecule is C[Si](C)(C)N([Si](C)(C)C)S(=O)(=O)N([Si](C)(C)C)[Si](C)(C)C. The largest absolute Gasteiger partial charge is 0.257 e. The smallest absolute Gasteiger partial charge is 0.236 e. The van der Waals surface area contributed by atoms with E-state index in [9.17, 15) is 8.42 Å². The van der Waals surface area contributed by atoms with E-state index in [-0.39, 0.29) is 0 Å². The van der Waals surface area contributed by atoms with Gasteiger partial charge in [-0.05, 0) is 0 Å². The quantitative estimate of drug-likeness (QED) is 0.645. The minimum Gasteiger partial charge on any atom is -0.236 e. The molecule has 0 saturated heterocycles. The van der Waals surface area contributed by atoms with E-state index in [0.717, 1.165) is 0 Å². The molecule has 128 valence electrons. The molecule has 0 atom stereocenters. The molecule has 0 aliphatic rings. The normalized spacial score (nSPS) is 15.9. The van der Waals surface area contributed by atoms with Gasteiger partial charge in [0, 0.05) is 0 Å². The number of rotatable bonds is 6. The molecular weight excluding hydrogens is 349 g/mol. The summed E-state index contributed by atoms with van der Waals surface area (Å²) in [5.74, 6) is 0. The predicted octanol–water partition coefficient (Wildman–Crippen LogP) is 4.17. The first-order valence-corrected chi connectivity index (χ1v) is 22.8. The first kappa shape index (κ1) is 21.7. The Morgan fingerprint density at radius 1 is 0.476 bits per heavy atom. The van der Waals surface area contributed by atoms with Gasteiger partial charge in [0.25, 0.3) is 10.2 Å². The molecule has 21 heavy (non-hydrogen) atoms. The molecule has 0 saturated carbocycles. The standard InChI is InChI=1S/C12H36N2O2SSi4/c1-18(2,3)13(19(4,5)6)17(15,16)14(20(7,8)9)21(10,11)12/h1-12H3. The van der Waals surface area contributed by atoms with Crippen LogP contribution in [-0.2, 0) is 10.2 Å². The van der Waals surface area contributed by atoms with E-state index in [1.807, 2.05) is 7.27 Å². The molecule has 0 N–H and O–H groups in total. The highest BCUT2D eigenvalue weighted by Crippen LogP contribution is 2.32. The fourth-order valence-corrected chi connectivity index (χ4v) is 32.8. The van der Waals surface area contributed by atoms with Gasteiger partial charge in [-0.15, -0.1) is 0 Å². The summed E-state index contributed by atoms with van der Waals surface area (Å²) in [6, 6.07) is 0. The van der Waals surface area contributed by atoms with E-state index in [1.165, 1.54) is 0 Å². The van der Waals surface area contributed by atoms with Crippen molar-refractivity contribution in [3.8, 4) is 0 Å². The summed E-state index contributed by atoms with van der Waals surface area (Å²) in [4.78, 5) is 0. The summed E-state index contributed by atoms with van der Waals surface area (Å²) in [6.45, 7) is 25.8. The molecule has 4 nitrogen and oxygen atoms in total. The van der Waals surface area contributed by atoms with Gasteiger partial charge in [0.05, 0.1) is 0 Å². The molecule has 0 aromatic rings. The van der Waals surface area contributed by atoms with Gasteiger partial charge in [0.1, 0.15) is 32.9 Å². The fraction of sp³-hybridized carbons (Fsp3) is 1.00. The molecule has 0 aromatic heterocycles. The first-order valence-electron chi connectivity index (χ1n) is 7.59. The van der Waals surface area contributed by atoms with Crippen molar-refractivity contribution in [1.82, 2.24) is 7.27 Å². The lowest BCUT2D eigenvalue weighted by Crippen LogP contribution is -2.71. The highest BCUT2D eigenvalue weighted by Gasteiger charge is 2.51. The third-order valence-electron chi connectivity index (χ3n) is 2.90. The first-order chi connectivity index (χ1) is 8.73. The lowest BCUT2D eigenvalue weighted by molar-refractivity contribution is 0.544. The minimum absolute atomic E-state index is 1.97. The summed E-state index contributed by atoms with van der Waals surface area (Å²) in [5.41, 5.74) is 0. The lowest BCUT2D eigenvalue weighted by atomic mass is 11.8. The Hall–Kier alpha value is 0.738. The Labute approximate surface area is 137 Å². The van der Waals surface area contributed by atoms with Gasteiger partial charge in [0.15, 0.2) is 0 Å². The van der Waals surface area contributed by atoms with Gasteiger partial charge in [-0.1, -0.05) is 78.6 Å². The van der Waals surface area contributed by atoms with Gasteiger partial charge < -0.3 is 0 Å². The number of nitrogens with zero attached hydrogens (tertiary/aromatic N) is 2. The zero-order chi connectivity index (χ0) is 17.7. The molecule has 0 unspecified atom stereocenters. The van der Waals surface area contributed by atoms with Crippen LogP contribution < -0.4 is 0 Å². The third-order valence-corrected chi connectivity index (χ3v) is 26.1. The van der Waals surface area contributed by atoms with Crippen molar-refractivity contribution in [3.05, 3.63) is 0 Å². The van der Waals surface area contributed by atoms with E-state index in [4.69, 9.17) is 0 Å². The van der Waals surface area contributed by atoms with Crippen LogP contribution in [0.5, 0.6) is 0 Å². The molecular formula is C12H36N2O2SSi4. The molecule has 0 spiro atoms. The second kappa shape index (κ2) is 5.99. The van der Waals surface area contributed by atoms with Crippen LogP contribution in [0.1, 0.15) is 0 Å². The van der Waals surface area contributed by atoms with Crippen LogP contribution in [-0.4, -0.2) is 48.6 Å². The van der Waals surface area contributed by atoms with Gasteiger partial charge in [-0.2, -0.15) is 8.42 Å². The van der Waals surface area contributed by atoms with Gasteiger partial charge >= 0.3 is 0 Å². The summed E-state index contributed by atoms with van der Waals surface area (Å²) in [7, 11) is -11.3. The highest BCUT2D eigenvalue weighted by atomic mass is 32.2. The van der Waals surface area contributed by atoms with Crippen molar-refractivity contribution in [2.24, 2.45) is 0 Å². The highest BCUT2D eigenvalue weighted by molar-refractivity contribution is 7.92. The molecule has 0 radical (unpaired) electrons. The second-order valence-corrected chi connectivity index (χ2v) is 32.7. The van der Waals surface area contributed by atoms with Gasteiger partial charge in [-0.3, -0.25) is 0 Å². The molecule has 0 aromatic carbocycles. The van der Waals surface area contributed by atoms with Crippen molar-refractivity contribution in [2.45, 2.75) is 78.6 Å². The Bertz CT molecular complexity index is 401. The van der Waals surface area contributed by atoms with Crippen LogP contribution in [0.2, 0.25) is 78.6 Å². The Kier molecular flexibility index (Phi) is 6.20. The topological polar surface area (TPSA) is 40.6 Å². The van der Waals surface area contributed by atoms with E-state index in [2.05, 4.69) is 78.6 Å². The van der Waals surface area contributed by atoms with Crippen LogP contribution in [0.3, 0.4) is 0 Å². The summed E-state index contributed by atoms with van der Waals surface area (Å²) >= 11 is 0. The second-order valence-electron chi connectivity index (χ2n) is 9.72. The van der Waals surface area contributed by atoms with Crippen LogP contribution >= 0.6 is 0 Å². The molecule has 9 heteroatoms. The van der Waals surface area contributed by atoms with E-state index >= 15 is 0 Å². The average Bonchev–Trinajstić information content (AvgIpc) is 1.84. The predicted molar refractivity (Wildman–Crippen MR) is 106 cm³/mol. The molecule has 0 fully saturated rings. The average molecular weight is 385 g/mol. The van der Waals surface area contributed by atoms with Crippen molar-refractivity contribution >= 4 is 43.2 Å². The van der Waals surface area contributed by atoms with Gasteiger partial charge in [-0.25, -0.2) is 7.27 Å². The monoisotopic (exact) mass is 384 g/mol. The molecule has 0 aliphatic heterocycles. The maximum Gasteiger partial charge on any atom is 0.257 e. The lowest BCUT2D eigenvalue weighted by Gasteiger charge is -2.51. The molecule has 0 bridgehead atoms. The van der Waals surface area contributed by atoms with Crippen LogP contribution in [0.4, 0.5) is 0 Å². The third kappa shape index (κ3) is 5.39. The Balaban J connectivity index is 6.37. The number of hydrogen-bond acceptors (Lipinski definition) is 2. The van der Waals surface area contributed by atoms with Crippen molar-refractivity contribution in [1.29, 1.82) is 0 Å². The molecule has 0 heterocycles. The zero-order valence-electron chi connectivity index (χ0n) is 16.1. The van der Waals surface area contributed by atoms with Crippen LogP contribution in [0.15, 0.2) is 0 Å².